The van der Waals surface area contributed by atoms with E-state index in [2.05, 4.69) is 27.6 Å². The molecule has 1 fully saturated rings. The Hall–Kier alpha value is -1.86. The Kier molecular flexibility index (Phi) is 6.61. The first-order chi connectivity index (χ1) is 11.6. The van der Waals surface area contributed by atoms with Gasteiger partial charge in [0.25, 0.3) is 5.91 Å². The monoisotopic (exact) mass is 367 g/mol. The SMILES string of the molecule is CCc1cc(C(=O)Nc2nc(C3CCNCC3)nn2C)oc1CC.Cl. The molecule has 1 saturated heterocycles. The number of halogens is 1. The molecule has 0 aromatic carbocycles. The van der Waals surface area contributed by atoms with Gasteiger partial charge in [-0.25, -0.2) is 4.68 Å². The van der Waals surface area contributed by atoms with Gasteiger partial charge in [-0.15, -0.1) is 12.4 Å². The van der Waals surface area contributed by atoms with Gasteiger partial charge in [0.15, 0.2) is 11.6 Å². The number of anilines is 1. The molecule has 0 atom stereocenters. The highest BCUT2D eigenvalue weighted by atomic mass is 35.5. The van der Waals surface area contributed by atoms with Crippen LogP contribution in [0, 0.1) is 0 Å². The fourth-order valence-corrected chi connectivity index (χ4v) is 3.11. The van der Waals surface area contributed by atoms with E-state index in [1.54, 1.807) is 11.7 Å². The number of amides is 1. The minimum atomic E-state index is -0.281. The van der Waals surface area contributed by atoms with Crippen LogP contribution in [-0.4, -0.2) is 33.8 Å². The van der Waals surface area contributed by atoms with Gasteiger partial charge in [0, 0.05) is 19.4 Å². The first-order valence-corrected chi connectivity index (χ1v) is 8.66. The smallest absolute Gasteiger partial charge is 0.293 e. The summed E-state index contributed by atoms with van der Waals surface area (Å²) in [5, 5.41) is 10.6. The van der Waals surface area contributed by atoms with E-state index in [1.165, 1.54) is 0 Å². The maximum absolute atomic E-state index is 12.5. The molecule has 0 spiro atoms. The summed E-state index contributed by atoms with van der Waals surface area (Å²) in [5.41, 5.74) is 1.08. The highest BCUT2D eigenvalue weighted by Crippen LogP contribution is 2.24. The van der Waals surface area contributed by atoms with E-state index in [0.717, 1.165) is 55.9 Å². The summed E-state index contributed by atoms with van der Waals surface area (Å²) in [4.78, 5) is 17.0. The zero-order chi connectivity index (χ0) is 17.1. The second-order valence-electron chi connectivity index (χ2n) is 6.16. The molecule has 138 valence electrons. The molecule has 3 rings (SSSR count). The fourth-order valence-electron chi connectivity index (χ4n) is 3.11. The molecule has 2 N–H and O–H groups in total. The molecule has 0 radical (unpaired) electrons. The first-order valence-electron chi connectivity index (χ1n) is 8.66. The Balaban J connectivity index is 0.00000225. The Bertz CT molecular complexity index is 697. The number of hydrogen-bond acceptors (Lipinski definition) is 5. The predicted octanol–water partition coefficient (Wildman–Crippen LogP) is 2.67. The fraction of sp³-hybridized carbons (Fsp3) is 0.588. The van der Waals surface area contributed by atoms with Crippen molar-refractivity contribution < 1.29 is 9.21 Å². The summed E-state index contributed by atoms with van der Waals surface area (Å²) in [6.07, 6.45) is 3.68. The number of furan rings is 1. The minimum Gasteiger partial charge on any atom is -0.456 e. The number of aromatic nitrogens is 3. The average molecular weight is 368 g/mol. The molecule has 1 aliphatic heterocycles. The van der Waals surface area contributed by atoms with Crippen LogP contribution in [0.1, 0.15) is 60.3 Å². The van der Waals surface area contributed by atoms with E-state index in [0.29, 0.717) is 17.6 Å². The molecule has 8 heteroatoms. The van der Waals surface area contributed by atoms with Gasteiger partial charge in [0.2, 0.25) is 5.95 Å². The minimum absolute atomic E-state index is 0. The van der Waals surface area contributed by atoms with Gasteiger partial charge in [-0.1, -0.05) is 13.8 Å². The molecule has 0 aliphatic carbocycles. The van der Waals surface area contributed by atoms with E-state index >= 15 is 0 Å². The van der Waals surface area contributed by atoms with Crippen LogP contribution in [0.15, 0.2) is 10.5 Å². The number of hydrogen-bond donors (Lipinski definition) is 2. The summed E-state index contributed by atoms with van der Waals surface area (Å²) in [6.45, 7) is 6.04. The van der Waals surface area contributed by atoms with Gasteiger partial charge >= 0.3 is 0 Å². The van der Waals surface area contributed by atoms with Crippen molar-refractivity contribution >= 4 is 24.3 Å². The van der Waals surface area contributed by atoms with Crippen LogP contribution in [0.3, 0.4) is 0 Å². The summed E-state index contributed by atoms with van der Waals surface area (Å²) >= 11 is 0. The van der Waals surface area contributed by atoms with E-state index in [4.69, 9.17) is 4.42 Å². The molecule has 2 aromatic heterocycles. The van der Waals surface area contributed by atoms with Crippen molar-refractivity contribution in [2.24, 2.45) is 7.05 Å². The van der Waals surface area contributed by atoms with Crippen LogP contribution in [-0.2, 0) is 19.9 Å². The van der Waals surface area contributed by atoms with Crippen molar-refractivity contribution in [1.29, 1.82) is 0 Å². The third-order valence-electron chi connectivity index (χ3n) is 4.53. The van der Waals surface area contributed by atoms with Crippen molar-refractivity contribution in [1.82, 2.24) is 20.1 Å². The molecule has 0 saturated carbocycles. The number of carbonyl (C=O) groups is 1. The number of piperidine rings is 1. The average Bonchev–Trinajstić information content (AvgIpc) is 3.19. The van der Waals surface area contributed by atoms with Gasteiger partial charge in [0.05, 0.1) is 0 Å². The molecular formula is C17H26ClN5O2. The van der Waals surface area contributed by atoms with Gasteiger partial charge in [-0.3, -0.25) is 10.1 Å². The maximum atomic E-state index is 12.5. The van der Waals surface area contributed by atoms with Crippen LogP contribution >= 0.6 is 12.4 Å². The van der Waals surface area contributed by atoms with Gasteiger partial charge < -0.3 is 9.73 Å². The lowest BCUT2D eigenvalue weighted by molar-refractivity contribution is 0.0993. The lowest BCUT2D eigenvalue weighted by atomic mass is 9.98. The summed E-state index contributed by atoms with van der Waals surface area (Å²) < 4.78 is 7.30. The second kappa shape index (κ2) is 8.49. The highest BCUT2D eigenvalue weighted by Gasteiger charge is 2.22. The molecule has 0 unspecified atom stereocenters. The van der Waals surface area contributed by atoms with Gasteiger partial charge in [-0.2, -0.15) is 10.1 Å². The molecule has 1 amide bonds. The Morgan fingerprint density at radius 2 is 2.08 bits per heavy atom. The largest absolute Gasteiger partial charge is 0.456 e. The second-order valence-corrected chi connectivity index (χ2v) is 6.16. The normalized spacial score (nSPS) is 15.0. The van der Waals surface area contributed by atoms with Crippen molar-refractivity contribution in [3.8, 4) is 0 Å². The van der Waals surface area contributed by atoms with E-state index in [9.17, 15) is 4.79 Å². The molecule has 0 bridgehead atoms. The number of rotatable bonds is 5. The van der Waals surface area contributed by atoms with Gasteiger partial charge in [-0.05, 0) is 44.0 Å². The first kappa shape index (κ1) is 19.5. The lowest BCUT2D eigenvalue weighted by Gasteiger charge is -2.19. The predicted molar refractivity (Wildman–Crippen MR) is 98.5 cm³/mol. The lowest BCUT2D eigenvalue weighted by Crippen LogP contribution is -2.27. The molecule has 25 heavy (non-hydrogen) atoms. The van der Waals surface area contributed by atoms with Gasteiger partial charge in [0.1, 0.15) is 5.76 Å². The van der Waals surface area contributed by atoms with Crippen LogP contribution in [0.2, 0.25) is 0 Å². The van der Waals surface area contributed by atoms with Crippen LogP contribution in [0.5, 0.6) is 0 Å². The third-order valence-corrected chi connectivity index (χ3v) is 4.53. The van der Waals surface area contributed by atoms with Crippen molar-refractivity contribution in [3.63, 3.8) is 0 Å². The van der Waals surface area contributed by atoms with E-state index in [-0.39, 0.29) is 18.3 Å². The zero-order valence-corrected chi connectivity index (χ0v) is 15.8. The summed E-state index contributed by atoms with van der Waals surface area (Å²) in [7, 11) is 1.80. The topological polar surface area (TPSA) is 85.0 Å². The molecule has 7 nitrogen and oxygen atoms in total. The standard InChI is InChI=1S/C17H25N5O2.ClH/c1-4-11-10-14(24-13(11)5-2)16(23)20-17-19-15(21-22(17)3)12-6-8-18-9-7-12;/h10,12,18H,4-9H2,1-3H3,(H,19,20,21,23);1H. The van der Waals surface area contributed by atoms with Crippen molar-refractivity contribution in [3.05, 3.63) is 29.0 Å². The van der Waals surface area contributed by atoms with E-state index in [1.807, 2.05) is 13.0 Å². The molecular weight excluding hydrogens is 342 g/mol. The number of aryl methyl sites for hydroxylation is 3. The zero-order valence-electron chi connectivity index (χ0n) is 15.0. The summed E-state index contributed by atoms with van der Waals surface area (Å²) in [5.74, 6) is 2.53. The Labute approximate surface area is 154 Å². The Morgan fingerprint density at radius 3 is 2.68 bits per heavy atom. The van der Waals surface area contributed by atoms with Crippen molar-refractivity contribution in [2.45, 2.75) is 45.4 Å². The number of carbonyl (C=O) groups excluding carboxylic acids is 1. The number of nitrogens with one attached hydrogen (secondary N) is 2. The molecule has 1 aliphatic rings. The quantitative estimate of drug-likeness (QED) is 0.848. The molecule has 2 aromatic rings. The maximum Gasteiger partial charge on any atom is 0.293 e. The molecule has 3 heterocycles. The Morgan fingerprint density at radius 1 is 1.36 bits per heavy atom. The third kappa shape index (κ3) is 4.22. The highest BCUT2D eigenvalue weighted by molar-refractivity contribution is 6.01. The van der Waals surface area contributed by atoms with Crippen molar-refractivity contribution in [2.75, 3.05) is 18.4 Å². The number of nitrogens with zero attached hydrogens (tertiary/aromatic N) is 3. The van der Waals surface area contributed by atoms with E-state index < -0.39 is 0 Å². The van der Waals surface area contributed by atoms with Crippen LogP contribution < -0.4 is 10.6 Å². The van der Waals surface area contributed by atoms with Crippen LogP contribution in [0.25, 0.3) is 0 Å². The van der Waals surface area contributed by atoms with Crippen LogP contribution in [0.4, 0.5) is 5.95 Å². The summed E-state index contributed by atoms with van der Waals surface area (Å²) in [6, 6.07) is 1.82.